The summed E-state index contributed by atoms with van der Waals surface area (Å²) in [4.78, 5) is 0. The first-order valence-corrected chi connectivity index (χ1v) is 2.55. The monoisotopic (exact) mass is 170 g/mol. The van der Waals surface area contributed by atoms with E-state index in [-0.39, 0.29) is 0 Å². The molecule has 0 radical (unpaired) electrons. The minimum Gasteiger partial charge on any atom is -0.392 e. The maximum absolute atomic E-state index is 8.55. The molecule has 0 amide bonds. The third kappa shape index (κ3) is 2.99. The average Bonchev–Trinajstić information content (AvgIpc) is 1.68. The molecule has 4 heteroatoms. The lowest BCUT2D eigenvalue weighted by atomic mass is 10.4. The van der Waals surface area contributed by atoms with Gasteiger partial charge in [0.2, 0.25) is 0 Å². The Morgan fingerprint density at radius 1 is 1.29 bits per heavy atom. The lowest BCUT2D eigenvalue weighted by Crippen LogP contribution is -2.29. The summed E-state index contributed by atoms with van der Waals surface area (Å²) < 4.78 is -1.49. The predicted octanol–water partition coefficient (Wildman–Crippen LogP) is -0.946. The predicted molar refractivity (Wildman–Crippen MR) is 28.0 cm³/mol. The van der Waals surface area contributed by atoms with E-state index in [0.29, 0.717) is 0 Å². The van der Waals surface area contributed by atoms with E-state index in [1.54, 1.807) is 0 Å². The van der Waals surface area contributed by atoms with E-state index in [9.17, 15) is 0 Å². The second kappa shape index (κ2) is 2.61. The van der Waals surface area contributed by atoms with Crippen LogP contribution in [0, 0.1) is 0 Å². The molecule has 0 unspecified atom stereocenters. The van der Waals surface area contributed by atoms with Gasteiger partial charge in [0, 0.05) is 0 Å². The molecule has 7 heavy (non-hydrogen) atoms. The van der Waals surface area contributed by atoms with E-state index in [4.69, 9.17) is 15.3 Å². The molecule has 0 aliphatic carbocycles. The molecule has 0 aromatic heterocycles. The van der Waals surface area contributed by atoms with Crippen LogP contribution in [0.4, 0.5) is 0 Å². The van der Waals surface area contributed by atoms with E-state index in [1.165, 1.54) is 0 Å². The van der Waals surface area contributed by atoms with Crippen LogP contribution in [0.3, 0.4) is 0 Å². The molecule has 0 aromatic rings. The molecule has 0 rings (SSSR count). The Bertz CT molecular complexity index is 48.1. The summed E-state index contributed by atoms with van der Waals surface area (Å²) in [6.45, 7) is -0.965. The highest BCUT2D eigenvalue weighted by atomic mass is 79.9. The second-order valence-electron chi connectivity index (χ2n) is 1.23. The van der Waals surface area contributed by atoms with Gasteiger partial charge in [-0.2, -0.15) is 0 Å². The molecular weight excluding hydrogens is 164 g/mol. The van der Waals surface area contributed by atoms with E-state index in [0.717, 1.165) is 0 Å². The Kier molecular flexibility index (Phi) is 2.75. The minimum absolute atomic E-state index is 0.483. The lowest BCUT2D eigenvalue weighted by molar-refractivity contribution is 0.0229. The number of hydrogen-bond acceptors (Lipinski definition) is 3. The van der Waals surface area contributed by atoms with Gasteiger partial charge in [0.25, 0.3) is 0 Å². The number of aliphatic hydroxyl groups is 3. The van der Waals surface area contributed by atoms with E-state index in [1.807, 2.05) is 0 Å². The van der Waals surface area contributed by atoms with Crippen molar-refractivity contribution >= 4 is 15.9 Å². The van der Waals surface area contributed by atoms with Crippen LogP contribution in [0.1, 0.15) is 0 Å². The average molecular weight is 171 g/mol. The number of aliphatic hydroxyl groups excluding tert-OH is 2. The van der Waals surface area contributed by atoms with Crippen molar-refractivity contribution in [3.63, 3.8) is 0 Å². The van der Waals surface area contributed by atoms with Gasteiger partial charge in [0.15, 0.2) is 4.51 Å². The third-order valence-corrected chi connectivity index (χ3v) is 0.986. The molecule has 0 fully saturated rings. The normalized spacial score (nSPS) is 12.0. The fraction of sp³-hybridized carbons (Fsp3) is 1.00. The highest BCUT2D eigenvalue weighted by molar-refractivity contribution is 9.10. The van der Waals surface area contributed by atoms with E-state index >= 15 is 0 Å². The first-order chi connectivity index (χ1) is 3.12. The Morgan fingerprint density at radius 3 is 1.57 bits per heavy atom. The maximum Gasteiger partial charge on any atom is 0.165 e. The number of halogens is 1. The van der Waals surface area contributed by atoms with Crippen LogP contribution in [-0.4, -0.2) is 33.0 Å². The van der Waals surface area contributed by atoms with E-state index in [2.05, 4.69) is 15.9 Å². The van der Waals surface area contributed by atoms with Gasteiger partial charge in [-0.25, -0.2) is 0 Å². The smallest absolute Gasteiger partial charge is 0.165 e. The summed E-state index contributed by atoms with van der Waals surface area (Å²) in [5.41, 5.74) is 0. The second-order valence-corrected chi connectivity index (χ2v) is 2.71. The van der Waals surface area contributed by atoms with Crippen molar-refractivity contribution < 1.29 is 15.3 Å². The highest BCUT2D eigenvalue weighted by Gasteiger charge is 2.18. The van der Waals surface area contributed by atoms with Gasteiger partial charge >= 0.3 is 0 Å². The summed E-state index contributed by atoms with van der Waals surface area (Å²) in [5, 5.41) is 24.8. The van der Waals surface area contributed by atoms with Crippen LogP contribution in [0.25, 0.3) is 0 Å². The summed E-state index contributed by atoms with van der Waals surface area (Å²) in [6.07, 6.45) is 0. The SMILES string of the molecule is OCC(O)(Br)CO. The third-order valence-electron chi connectivity index (χ3n) is 0.485. The molecule has 0 aromatic carbocycles. The van der Waals surface area contributed by atoms with Crippen molar-refractivity contribution in [1.82, 2.24) is 0 Å². The Balaban J connectivity index is 3.36. The molecule has 0 bridgehead atoms. The summed E-state index contributed by atoms with van der Waals surface area (Å²) in [7, 11) is 0. The van der Waals surface area contributed by atoms with Gasteiger partial charge < -0.3 is 15.3 Å². The first-order valence-electron chi connectivity index (χ1n) is 1.75. The van der Waals surface area contributed by atoms with Crippen molar-refractivity contribution in [3.05, 3.63) is 0 Å². The molecule has 3 N–H and O–H groups in total. The van der Waals surface area contributed by atoms with Crippen molar-refractivity contribution in [1.29, 1.82) is 0 Å². The van der Waals surface area contributed by atoms with Gasteiger partial charge in [-0.15, -0.1) is 0 Å². The molecular formula is C3H7BrO3. The van der Waals surface area contributed by atoms with Gasteiger partial charge in [-0.1, -0.05) is 0 Å². The van der Waals surface area contributed by atoms with Gasteiger partial charge in [0.1, 0.15) is 0 Å². The fourth-order valence-corrected chi connectivity index (χ4v) is 0.0500. The largest absolute Gasteiger partial charge is 0.392 e. The molecule has 0 aliphatic rings. The van der Waals surface area contributed by atoms with Crippen LogP contribution in [0.5, 0.6) is 0 Å². The fourth-order valence-electron chi connectivity index (χ4n) is 0.0500. The molecule has 0 heterocycles. The maximum atomic E-state index is 8.55. The van der Waals surface area contributed by atoms with E-state index < -0.39 is 17.7 Å². The van der Waals surface area contributed by atoms with Crippen LogP contribution < -0.4 is 0 Å². The molecule has 0 atom stereocenters. The standard InChI is InChI=1S/C3H7BrO3/c4-3(7,1-5)2-6/h5-7H,1-2H2. The van der Waals surface area contributed by atoms with Crippen LogP contribution >= 0.6 is 15.9 Å². The summed E-state index contributed by atoms with van der Waals surface area (Å²) in [6, 6.07) is 0. The molecule has 0 saturated heterocycles. The minimum atomic E-state index is -1.49. The zero-order valence-corrected chi connectivity index (χ0v) is 5.22. The molecule has 0 saturated carbocycles. The number of hydrogen-bond donors (Lipinski definition) is 3. The number of rotatable bonds is 2. The lowest BCUT2D eigenvalue weighted by Gasteiger charge is -2.12. The van der Waals surface area contributed by atoms with Crippen LogP contribution in [0.15, 0.2) is 0 Å². The van der Waals surface area contributed by atoms with Crippen molar-refractivity contribution in [3.8, 4) is 0 Å². The molecule has 3 nitrogen and oxygen atoms in total. The van der Waals surface area contributed by atoms with Crippen molar-refractivity contribution in [2.24, 2.45) is 0 Å². The first kappa shape index (κ1) is 7.36. The zero-order chi connectivity index (χ0) is 5.91. The molecule has 0 aliphatic heterocycles. The van der Waals surface area contributed by atoms with Crippen molar-refractivity contribution in [2.75, 3.05) is 13.2 Å². The Morgan fingerprint density at radius 2 is 1.57 bits per heavy atom. The molecule has 0 spiro atoms. The summed E-state index contributed by atoms with van der Waals surface area (Å²) in [5.74, 6) is 0. The van der Waals surface area contributed by atoms with Crippen molar-refractivity contribution in [2.45, 2.75) is 4.51 Å². The molecule has 44 valence electrons. The topological polar surface area (TPSA) is 60.7 Å². The van der Waals surface area contributed by atoms with Gasteiger partial charge in [-0.05, 0) is 15.9 Å². The number of alkyl halides is 1. The zero-order valence-electron chi connectivity index (χ0n) is 3.63. The quantitative estimate of drug-likeness (QED) is 0.469. The highest BCUT2D eigenvalue weighted by Crippen LogP contribution is 2.09. The van der Waals surface area contributed by atoms with Crippen LogP contribution in [0.2, 0.25) is 0 Å². The Hall–Kier alpha value is 0.360. The Labute approximate surface area is 49.7 Å². The van der Waals surface area contributed by atoms with Gasteiger partial charge in [0.05, 0.1) is 13.2 Å². The van der Waals surface area contributed by atoms with Gasteiger partial charge in [-0.3, -0.25) is 0 Å². The summed E-state index contributed by atoms with van der Waals surface area (Å²) >= 11 is 2.64. The van der Waals surface area contributed by atoms with Crippen LogP contribution in [-0.2, 0) is 0 Å².